The quantitative estimate of drug-likeness (QED) is 0.757. The van der Waals surface area contributed by atoms with Crippen LogP contribution >= 0.6 is 0 Å². The van der Waals surface area contributed by atoms with Gasteiger partial charge in [-0.05, 0) is 31.0 Å². The van der Waals surface area contributed by atoms with Gasteiger partial charge in [-0.25, -0.2) is 4.79 Å². The Kier molecular flexibility index (Phi) is 2.99. The first kappa shape index (κ1) is 11.4. The van der Waals surface area contributed by atoms with Gasteiger partial charge in [0.25, 0.3) is 0 Å². The van der Waals surface area contributed by atoms with Gasteiger partial charge in [0.2, 0.25) is 5.91 Å². The van der Waals surface area contributed by atoms with Crippen LogP contribution in [-0.2, 0) is 4.79 Å². The van der Waals surface area contributed by atoms with E-state index in [-0.39, 0.29) is 11.6 Å². The summed E-state index contributed by atoms with van der Waals surface area (Å²) >= 11 is 0. The first-order chi connectivity index (χ1) is 8.10. The highest BCUT2D eigenvalue weighted by atomic mass is 16.1. The predicted molar refractivity (Wildman–Crippen MR) is 67.2 cm³/mol. The molecule has 3 N–H and O–H groups in total. The van der Waals surface area contributed by atoms with E-state index in [9.17, 15) is 9.59 Å². The van der Waals surface area contributed by atoms with Crippen molar-refractivity contribution in [3.05, 3.63) is 28.2 Å². The third-order valence-electron chi connectivity index (χ3n) is 2.61. The lowest BCUT2D eigenvalue weighted by atomic mass is 10.1. The Hall–Kier alpha value is -2.04. The maximum atomic E-state index is 11.5. The van der Waals surface area contributed by atoms with Gasteiger partial charge in [0.05, 0.1) is 11.0 Å². The molecule has 1 heterocycles. The molecular weight excluding hydrogens is 218 g/mol. The number of aryl methyl sites for hydroxylation is 1. The van der Waals surface area contributed by atoms with Crippen molar-refractivity contribution in [1.82, 2.24) is 9.97 Å². The van der Waals surface area contributed by atoms with Crippen LogP contribution in [0.2, 0.25) is 0 Å². The average Bonchev–Trinajstić information content (AvgIpc) is 2.58. The van der Waals surface area contributed by atoms with Crippen LogP contribution in [0.4, 0.5) is 5.69 Å². The Morgan fingerprint density at radius 2 is 1.94 bits per heavy atom. The minimum atomic E-state index is -0.239. The number of nitrogens with one attached hydrogen (secondary N) is 3. The molecule has 0 spiro atoms. The smallest absolute Gasteiger partial charge is 0.323 e. The zero-order valence-electron chi connectivity index (χ0n) is 9.89. The Morgan fingerprint density at radius 1 is 1.29 bits per heavy atom. The summed E-state index contributed by atoms with van der Waals surface area (Å²) in [7, 11) is 0. The van der Waals surface area contributed by atoms with Gasteiger partial charge in [0.1, 0.15) is 0 Å². The van der Waals surface area contributed by atoms with Crippen molar-refractivity contribution in [3.8, 4) is 0 Å². The van der Waals surface area contributed by atoms with Gasteiger partial charge in [-0.1, -0.05) is 6.92 Å². The van der Waals surface area contributed by atoms with Crippen LogP contribution in [0.15, 0.2) is 16.9 Å². The second kappa shape index (κ2) is 4.45. The van der Waals surface area contributed by atoms with Crippen LogP contribution in [-0.4, -0.2) is 15.9 Å². The molecular formula is C12H15N3O2. The molecule has 5 heteroatoms. The molecule has 0 aliphatic heterocycles. The number of hydrogen-bond acceptors (Lipinski definition) is 2. The number of carbonyl (C=O) groups is 1. The standard InChI is InChI=1S/C12H15N3O2/c1-3-4-11(16)13-8-6-10-9(5-7(8)2)14-12(17)15-10/h5-6H,3-4H2,1-2H3,(H,13,16)(H2,14,15,17). The second-order valence-electron chi connectivity index (χ2n) is 4.09. The Morgan fingerprint density at radius 3 is 2.59 bits per heavy atom. The maximum absolute atomic E-state index is 11.5. The van der Waals surface area contributed by atoms with Crippen molar-refractivity contribution in [3.63, 3.8) is 0 Å². The molecule has 17 heavy (non-hydrogen) atoms. The van der Waals surface area contributed by atoms with Crippen LogP contribution in [0.5, 0.6) is 0 Å². The summed E-state index contributed by atoms with van der Waals surface area (Å²) in [5, 5.41) is 2.84. The lowest BCUT2D eigenvalue weighted by Gasteiger charge is -2.07. The molecule has 90 valence electrons. The van der Waals surface area contributed by atoms with E-state index in [0.717, 1.165) is 23.2 Å². The molecule has 0 saturated carbocycles. The van der Waals surface area contributed by atoms with Crippen molar-refractivity contribution in [2.45, 2.75) is 26.7 Å². The SMILES string of the molecule is CCCC(=O)Nc1cc2[nH]c(=O)[nH]c2cc1C. The number of anilines is 1. The molecule has 0 fully saturated rings. The summed E-state index contributed by atoms with van der Waals surface area (Å²) < 4.78 is 0. The lowest BCUT2D eigenvalue weighted by molar-refractivity contribution is -0.116. The molecule has 5 nitrogen and oxygen atoms in total. The number of rotatable bonds is 3. The third-order valence-corrected chi connectivity index (χ3v) is 2.61. The van der Waals surface area contributed by atoms with E-state index in [1.165, 1.54) is 0 Å². The van der Waals surface area contributed by atoms with Gasteiger partial charge in [-0.2, -0.15) is 0 Å². The number of fused-ring (bicyclic) bond motifs is 1. The maximum Gasteiger partial charge on any atom is 0.323 e. The summed E-state index contributed by atoms with van der Waals surface area (Å²) in [6.45, 7) is 3.85. The van der Waals surface area contributed by atoms with Crippen LogP contribution in [0.25, 0.3) is 11.0 Å². The second-order valence-corrected chi connectivity index (χ2v) is 4.09. The highest BCUT2D eigenvalue weighted by Crippen LogP contribution is 2.20. The molecule has 0 aliphatic carbocycles. The van der Waals surface area contributed by atoms with Crippen molar-refractivity contribution in [1.29, 1.82) is 0 Å². The molecule has 0 atom stereocenters. The van der Waals surface area contributed by atoms with E-state index in [4.69, 9.17) is 0 Å². The van der Waals surface area contributed by atoms with Crippen LogP contribution in [0.3, 0.4) is 0 Å². The number of aromatic amines is 2. The van der Waals surface area contributed by atoms with Crippen LogP contribution in [0, 0.1) is 6.92 Å². The minimum absolute atomic E-state index is 0.00664. The zero-order valence-corrected chi connectivity index (χ0v) is 9.89. The van der Waals surface area contributed by atoms with Crippen LogP contribution in [0.1, 0.15) is 25.3 Å². The van der Waals surface area contributed by atoms with Gasteiger partial charge in [0, 0.05) is 12.1 Å². The lowest BCUT2D eigenvalue weighted by Crippen LogP contribution is -2.11. The van der Waals surface area contributed by atoms with Gasteiger partial charge >= 0.3 is 5.69 Å². The van der Waals surface area contributed by atoms with Crippen LogP contribution < -0.4 is 11.0 Å². The van der Waals surface area contributed by atoms with Gasteiger partial charge < -0.3 is 15.3 Å². The molecule has 1 amide bonds. The summed E-state index contributed by atoms with van der Waals surface area (Å²) in [6.07, 6.45) is 1.31. The fraction of sp³-hybridized carbons (Fsp3) is 0.333. The topological polar surface area (TPSA) is 77.8 Å². The van der Waals surface area contributed by atoms with Crippen molar-refractivity contribution >= 4 is 22.6 Å². The van der Waals surface area contributed by atoms with E-state index in [0.29, 0.717) is 11.9 Å². The molecule has 2 aromatic rings. The summed E-state index contributed by atoms with van der Waals surface area (Å²) in [5.74, 6) is -0.00664. The van der Waals surface area contributed by atoms with E-state index < -0.39 is 0 Å². The summed E-state index contributed by atoms with van der Waals surface area (Å²) in [5.41, 5.74) is 2.88. The first-order valence-corrected chi connectivity index (χ1v) is 5.62. The van der Waals surface area contributed by atoms with E-state index in [2.05, 4.69) is 15.3 Å². The summed E-state index contributed by atoms with van der Waals surface area (Å²) in [4.78, 5) is 28.0. The number of imidazole rings is 1. The van der Waals surface area contributed by atoms with Crippen molar-refractivity contribution in [2.24, 2.45) is 0 Å². The number of H-pyrrole nitrogens is 2. The highest BCUT2D eigenvalue weighted by molar-refractivity contribution is 5.94. The number of carbonyl (C=O) groups excluding carboxylic acids is 1. The number of hydrogen-bond donors (Lipinski definition) is 3. The first-order valence-electron chi connectivity index (χ1n) is 5.62. The third kappa shape index (κ3) is 2.38. The number of benzene rings is 1. The normalized spacial score (nSPS) is 10.7. The molecule has 1 aromatic carbocycles. The predicted octanol–water partition coefficient (Wildman–Crippen LogP) is 1.90. The largest absolute Gasteiger partial charge is 0.326 e. The monoisotopic (exact) mass is 233 g/mol. The van der Waals surface area contributed by atoms with Crippen molar-refractivity contribution < 1.29 is 4.79 Å². The molecule has 0 radical (unpaired) electrons. The van der Waals surface area contributed by atoms with E-state index >= 15 is 0 Å². The number of amides is 1. The Labute approximate surface area is 98.2 Å². The number of aromatic nitrogens is 2. The van der Waals surface area contributed by atoms with Gasteiger partial charge in [-0.3, -0.25) is 4.79 Å². The molecule has 0 bridgehead atoms. The molecule has 2 rings (SSSR count). The fourth-order valence-corrected chi connectivity index (χ4v) is 1.77. The highest BCUT2D eigenvalue weighted by Gasteiger charge is 2.07. The van der Waals surface area contributed by atoms with Gasteiger partial charge in [0.15, 0.2) is 0 Å². The van der Waals surface area contributed by atoms with Gasteiger partial charge in [-0.15, -0.1) is 0 Å². The van der Waals surface area contributed by atoms with E-state index in [1.807, 2.05) is 19.9 Å². The molecule has 1 aromatic heterocycles. The average molecular weight is 233 g/mol. The summed E-state index contributed by atoms with van der Waals surface area (Å²) in [6, 6.07) is 3.62. The Balaban J connectivity index is 2.36. The fourth-order valence-electron chi connectivity index (χ4n) is 1.77. The van der Waals surface area contributed by atoms with Crippen molar-refractivity contribution in [2.75, 3.05) is 5.32 Å². The van der Waals surface area contributed by atoms with E-state index in [1.54, 1.807) is 6.07 Å². The Bertz CT molecular complexity index is 610. The molecule has 0 saturated heterocycles. The molecule has 0 unspecified atom stereocenters. The zero-order chi connectivity index (χ0) is 12.4. The minimum Gasteiger partial charge on any atom is -0.326 e. The molecule has 0 aliphatic rings.